The zero-order chi connectivity index (χ0) is 19.3. The zero-order valence-electron chi connectivity index (χ0n) is 16.5. The summed E-state index contributed by atoms with van der Waals surface area (Å²) in [6.07, 6.45) is 1.16. The van der Waals surface area contributed by atoms with Crippen molar-refractivity contribution < 1.29 is 4.74 Å². The first kappa shape index (κ1) is 18.3. The van der Waals surface area contributed by atoms with E-state index in [-0.39, 0.29) is 0 Å². The Morgan fingerprint density at radius 2 is 1.61 bits per heavy atom. The largest absolute Gasteiger partial charge is 0.486 e. The maximum atomic E-state index is 5.98. The Kier molecular flexibility index (Phi) is 5.43. The summed E-state index contributed by atoms with van der Waals surface area (Å²) in [5.41, 5.74) is 4.82. The molecule has 3 aromatic carbocycles. The lowest BCUT2D eigenvalue weighted by atomic mass is 9.98. The van der Waals surface area contributed by atoms with E-state index in [0.717, 1.165) is 35.6 Å². The van der Waals surface area contributed by atoms with Crippen LogP contribution in [0.3, 0.4) is 0 Å². The second-order valence-corrected chi connectivity index (χ2v) is 7.26. The van der Waals surface area contributed by atoms with Crippen molar-refractivity contribution in [2.24, 2.45) is 0 Å². The Morgan fingerprint density at radius 1 is 0.893 bits per heavy atom. The fourth-order valence-corrected chi connectivity index (χ4v) is 3.45. The Labute approximate surface area is 166 Å². The first-order chi connectivity index (χ1) is 13.7. The van der Waals surface area contributed by atoms with Gasteiger partial charge >= 0.3 is 0 Å². The lowest BCUT2D eigenvalue weighted by Gasteiger charge is -2.13. The van der Waals surface area contributed by atoms with Crippen LogP contribution in [-0.2, 0) is 13.2 Å². The number of rotatable bonds is 7. The summed E-state index contributed by atoms with van der Waals surface area (Å²) in [4.78, 5) is 4.82. The molecule has 0 saturated heterocycles. The first-order valence-corrected chi connectivity index (χ1v) is 9.95. The van der Waals surface area contributed by atoms with Gasteiger partial charge in [-0.15, -0.1) is 0 Å². The van der Waals surface area contributed by atoms with Gasteiger partial charge in [0.05, 0.1) is 11.0 Å². The number of nitrogens with zero attached hydrogens (tertiary/aromatic N) is 2. The van der Waals surface area contributed by atoms with Crippen molar-refractivity contribution in [1.82, 2.24) is 9.55 Å². The van der Waals surface area contributed by atoms with Crippen LogP contribution < -0.4 is 4.74 Å². The second-order valence-electron chi connectivity index (χ2n) is 7.26. The molecule has 0 bridgehead atoms. The van der Waals surface area contributed by atoms with Gasteiger partial charge in [-0.25, -0.2) is 4.98 Å². The number of imidazole rings is 1. The lowest BCUT2D eigenvalue weighted by molar-refractivity contribution is 0.291. The normalized spacial score (nSPS) is 12.2. The van der Waals surface area contributed by atoms with Crippen LogP contribution in [0, 0.1) is 0 Å². The number of fused-ring (bicyclic) bond motifs is 1. The van der Waals surface area contributed by atoms with E-state index in [0.29, 0.717) is 12.5 Å². The Bertz CT molecular complexity index is 1040. The minimum Gasteiger partial charge on any atom is -0.486 e. The first-order valence-electron chi connectivity index (χ1n) is 9.95. The highest BCUT2D eigenvalue weighted by molar-refractivity contribution is 5.76. The van der Waals surface area contributed by atoms with E-state index < -0.39 is 0 Å². The summed E-state index contributed by atoms with van der Waals surface area (Å²) in [6, 6.07) is 27.2. The molecule has 0 aliphatic heterocycles. The molecular weight excluding hydrogens is 344 g/mol. The monoisotopic (exact) mass is 370 g/mol. The molecule has 4 rings (SSSR count). The second kappa shape index (κ2) is 8.30. The number of benzene rings is 3. The molecule has 4 aromatic rings. The summed E-state index contributed by atoms with van der Waals surface area (Å²) in [7, 11) is 0. The molecular formula is C25H26N2O. The van der Waals surface area contributed by atoms with E-state index in [1.165, 1.54) is 11.1 Å². The molecule has 0 radical (unpaired) electrons. The Balaban J connectivity index is 1.61. The third kappa shape index (κ3) is 3.94. The van der Waals surface area contributed by atoms with Crippen molar-refractivity contribution in [3.05, 3.63) is 95.8 Å². The summed E-state index contributed by atoms with van der Waals surface area (Å²) in [6.45, 7) is 5.74. The zero-order valence-corrected chi connectivity index (χ0v) is 16.5. The summed E-state index contributed by atoms with van der Waals surface area (Å²) in [5.74, 6) is 2.40. The fraction of sp³-hybridized carbons (Fsp3) is 0.240. The molecule has 0 aliphatic carbocycles. The summed E-state index contributed by atoms with van der Waals surface area (Å²) >= 11 is 0. The Hall–Kier alpha value is -3.07. The highest BCUT2D eigenvalue weighted by atomic mass is 16.5. The van der Waals surface area contributed by atoms with Gasteiger partial charge in [0, 0.05) is 6.54 Å². The minimum absolute atomic E-state index is 0.448. The number of hydrogen-bond acceptors (Lipinski definition) is 2. The predicted molar refractivity (Wildman–Crippen MR) is 115 cm³/mol. The van der Waals surface area contributed by atoms with E-state index in [2.05, 4.69) is 60.9 Å². The lowest BCUT2D eigenvalue weighted by Crippen LogP contribution is -2.08. The molecule has 28 heavy (non-hydrogen) atoms. The summed E-state index contributed by atoms with van der Waals surface area (Å²) < 4.78 is 8.24. The number of hydrogen-bond donors (Lipinski definition) is 0. The number of para-hydroxylation sites is 3. The van der Waals surface area contributed by atoms with Crippen molar-refractivity contribution >= 4 is 11.0 Å². The van der Waals surface area contributed by atoms with E-state index in [1.807, 2.05) is 36.4 Å². The maximum absolute atomic E-state index is 5.98. The molecule has 1 unspecified atom stereocenters. The van der Waals surface area contributed by atoms with Crippen LogP contribution in [0.5, 0.6) is 5.75 Å². The van der Waals surface area contributed by atoms with Crippen LogP contribution in [-0.4, -0.2) is 9.55 Å². The molecule has 1 aromatic heterocycles. The average Bonchev–Trinajstić information content (AvgIpc) is 3.10. The van der Waals surface area contributed by atoms with Gasteiger partial charge in [-0.05, 0) is 47.7 Å². The quantitative estimate of drug-likeness (QED) is 0.388. The van der Waals surface area contributed by atoms with Crippen molar-refractivity contribution in [3.8, 4) is 5.75 Å². The predicted octanol–water partition coefficient (Wildman–Crippen LogP) is 6.18. The highest BCUT2D eigenvalue weighted by Crippen LogP contribution is 2.22. The number of ether oxygens (including phenoxy) is 1. The topological polar surface area (TPSA) is 27.1 Å². The Morgan fingerprint density at radius 3 is 2.36 bits per heavy atom. The van der Waals surface area contributed by atoms with Crippen LogP contribution in [0.15, 0.2) is 78.9 Å². The van der Waals surface area contributed by atoms with Gasteiger partial charge in [0.25, 0.3) is 0 Å². The third-order valence-corrected chi connectivity index (χ3v) is 5.35. The fourth-order valence-electron chi connectivity index (χ4n) is 3.45. The van der Waals surface area contributed by atoms with Crippen molar-refractivity contribution in [2.45, 2.75) is 39.3 Å². The summed E-state index contributed by atoms with van der Waals surface area (Å²) in [5, 5.41) is 0. The molecule has 0 amide bonds. The smallest absolute Gasteiger partial charge is 0.148 e. The average molecular weight is 370 g/mol. The van der Waals surface area contributed by atoms with E-state index in [4.69, 9.17) is 9.72 Å². The van der Waals surface area contributed by atoms with Crippen LogP contribution >= 0.6 is 0 Å². The molecule has 142 valence electrons. The van der Waals surface area contributed by atoms with Gasteiger partial charge in [-0.1, -0.05) is 68.4 Å². The van der Waals surface area contributed by atoms with Crippen LogP contribution in [0.25, 0.3) is 11.0 Å². The van der Waals surface area contributed by atoms with Crippen LogP contribution in [0.2, 0.25) is 0 Å². The molecule has 1 atom stereocenters. The minimum atomic E-state index is 0.448. The van der Waals surface area contributed by atoms with Gasteiger partial charge < -0.3 is 9.30 Å². The molecule has 0 N–H and O–H groups in total. The number of aromatic nitrogens is 2. The molecule has 1 heterocycles. The van der Waals surface area contributed by atoms with Crippen molar-refractivity contribution in [1.29, 1.82) is 0 Å². The van der Waals surface area contributed by atoms with Gasteiger partial charge in [-0.2, -0.15) is 0 Å². The van der Waals surface area contributed by atoms with Crippen molar-refractivity contribution in [2.75, 3.05) is 0 Å². The third-order valence-electron chi connectivity index (χ3n) is 5.35. The molecule has 0 fully saturated rings. The van der Waals surface area contributed by atoms with Gasteiger partial charge in [-0.3, -0.25) is 0 Å². The van der Waals surface area contributed by atoms with Gasteiger partial charge in [0.15, 0.2) is 0 Å². The highest BCUT2D eigenvalue weighted by Gasteiger charge is 2.12. The van der Waals surface area contributed by atoms with E-state index in [1.54, 1.807) is 0 Å². The molecule has 0 aliphatic rings. The van der Waals surface area contributed by atoms with Crippen LogP contribution in [0.4, 0.5) is 0 Å². The van der Waals surface area contributed by atoms with Crippen LogP contribution in [0.1, 0.15) is 43.1 Å². The standard InChI is InChI=1S/C25H26N2O/c1-3-19(2)21-15-13-20(14-16-21)17-27-24-12-8-7-11-23(24)26-25(27)18-28-22-9-5-4-6-10-22/h4-16,19H,3,17-18H2,1-2H3. The molecule has 3 nitrogen and oxygen atoms in total. The maximum Gasteiger partial charge on any atom is 0.148 e. The van der Waals surface area contributed by atoms with Gasteiger partial charge in [0.1, 0.15) is 18.2 Å². The van der Waals surface area contributed by atoms with Gasteiger partial charge in [0.2, 0.25) is 0 Å². The molecule has 0 spiro atoms. The van der Waals surface area contributed by atoms with Crippen molar-refractivity contribution in [3.63, 3.8) is 0 Å². The molecule has 0 saturated carbocycles. The van der Waals surface area contributed by atoms with E-state index >= 15 is 0 Å². The molecule has 3 heteroatoms. The van der Waals surface area contributed by atoms with E-state index in [9.17, 15) is 0 Å². The SMILES string of the molecule is CCC(C)c1ccc(Cn2c(COc3ccccc3)nc3ccccc32)cc1.